The third kappa shape index (κ3) is 3.53. The third-order valence-electron chi connectivity index (χ3n) is 6.05. The van der Waals surface area contributed by atoms with Crippen molar-refractivity contribution in [3.05, 3.63) is 46.7 Å². The summed E-state index contributed by atoms with van der Waals surface area (Å²) < 4.78 is 14.7. The van der Waals surface area contributed by atoms with Gasteiger partial charge < -0.3 is 8.83 Å². The molecular formula is C26H24O2S3. The topological polar surface area (TPSA) is 26.3 Å². The van der Waals surface area contributed by atoms with E-state index >= 15 is 0 Å². The Bertz CT molecular complexity index is 1490. The molecule has 6 rings (SSSR count). The van der Waals surface area contributed by atoms with Gasteiger partial charge in [0, 0.05) is 32.7 Å². The Kier molecular flexibility index (Phi) is 5.13. The maximum atomic E-state index is 6.21. The van der Waals surface area contributed by atoms with Crippen LogP contribution in [-0.2, 0) is 6.42 Å². The van der Waals surface area contributed by atoms with Crippen molar-refractivity contribution < 1.29 is 8.83 Å². The van der Waals surface area contributed by atoms with Gasteiger partial charge in [-0.1, -0.05) is 39.0 Å². The van der Waals surface area contributed by atoms with Crippen LogP contribution in [0.1, 0.15) is 51.0 Å². The number of fused-ring (bicyclic) bond motifs is 6. The van der Waals surface area contributed by atoms with Gasteiger partial charge in [-0.15, -0.1) is 34.0 Å². The lowest BCUT2D eigenvalue weighted by Gasteiger charge is -1.99. The quantitative estimate of drug-likeness (QED) is 0.209. The van der Waals surface area contributed by atoms with E-state index in [0.717, 1.165) is 22.3 Å². The van der Waals surface area contributed by atoms with Gasteiger partial charge in [-0.05, 0) is 47.4 Å². The molecule has 0 amide bonds. The average Bonchev–Trinajstić information content (AvgIpc) is 3.55. The first-order valence-corrected chi connectivity index (χ1v) is 13.7. The Morgan fingerprint density at radius 3 is 2.42 bits per heavy atom. The van der Waals surface area contributed by atoms with Crippen LogP contribution in [0.5, 0.6) is 0 Å². The van der Waals surface area contributed by atoms with Gasteiger partial charge in [-0.3, -0.25) is 0 Å². The lowest BCUT2D eigenvalue weighted by molar-refractivity contribution is 0.608. The highest BCUT2D eigenvalue weighted by molar-refractivity contribution is 7.26. The summed E-state index contributed by atoms with van der Waals surface area (Å²) >= 11 is 5.44. The minimum Gasteiger partial charge on any atom is -0.455 e. The average molecular weight is 465 g/mol. The summed E-state index contributed by atoms with van der Waals surface area (Å²) in [5.74, 6) is 0. The summed E-state index contributed by atoms with van der Waals surface area (Å²) in [5, 5.41) is 6.81. The van der Waals surface area contributed by atoms with Crippen molar-refractivity contribution in [1.29, 1.82) is 0 Å². The second-order valence-electron chi connectivity index (χ2n) is 8.30. The lowest BCUT2D eigenvalue weighted by atomic mass is 10.1. The Hall–Kier alpha value is -2.08. The molecule has 0 saturated carbocycles. The number of thiophene rings is 3. The molecule has 0 bridgehead atoms. The minimum absolute atomic E-state index is 0.911. The van der Waals surface area contributed by atoms with E-state index in [4.69, 9.17) is 8.83 Å². The Balaban J connectivity index is 1.27. The number of furan rings is 2. The molecule has 5 heteroatoms. The van der Waals surface area contributed by atoms with Gasteiger partial charge in [0.05, 0.1) is 9.40 Å². The second-order valence-corrected chi connectivity index (χ2v) is 11.2. The molecule has 6 aromatic rings. The molecule has 0 aliphatic heterocycles. The second kappa shape index (κ2) is 8.12. The Morgan fingerprint density at radius 2 is 1.52 bits per heavy atom. The molecule has 31 heavy (non-hydrogen) atoms. The van der Waals surface area contributed by atoms with Crippen LogP contribution in [0.4, 0.5) is 0 Å². The summed E-state index contributed by atoms with van der Waals surface area (Å²) in [4.78, 5) is 2.67. The van der Waals surface area contributed by atoms with Crippen molar-refractivity contribution in [1.82, 2.24) is 0 Å². The van der Waals surface area contributed by atoms with Gasteiger partial charge in [0.2, 0.25) is 0 Å². The van der Waals surface area contributed by atoms with Crippen LogP contribution in [0.2, 0.25) is 0 Å². The van der Waals surface area contributed by atoms with Crippen molar-refractivity contribution in [2.45, 2.75) is 51.9 Å². The fourth-order valence-electron chi connectivity index (χ4n) is 4.40. The van der Waals surface area contributed by atoms with E-state index in [1.54, 1.807) is 11.3 Å². The number of benzene rings is 1. The first kappa shape index (κ1) is 19.6. The fraction of sp³-hybridized carbons (Fsp3) is 0.308. The highest BCUT2D eigenvalue weighted by Crippen LogP contribution is 2.44. The summed E-state index contributed by atoms with van der Waals surface area (Å²) in [5.41, 5.74) is 5.25. The zero-order valence-electron chi connectivity index (χ0n) is 17.5. The van der Waals surface area contributed by atoms with Crippen LogP contribution in [0, 0.1) is 0 Å². The van der Waals surface area contributed by atoms with Gasteiger partial charge in [0.15, 0.2) is 0 Å². The molecule has 0 spiro atoms. The van der Waals surface area contributed by atoms with Gasteiger partial charge in [-0.25, -0.2) is 0 Å². The largest absolute Gasteiger partial charge is 0.455 e. The highest BCUT2D eigenvalue weighted by Gasteiger charge is 2.17. The Labute approximate surface area is 193 Å². The molecule has 0 saturated heterocycles. The summed E-state index contributed by atoms with van der Waals surface area (Å²) in [6.07, 6.45) is 9.30. The third-order valence-corrected chi connectivity index (χ3v) is 9.31. The highest BCUT2D eigenvalue weighted by atomic mass is 32.1. The van der Waals surface area contributed by atoms with Crippen LogP contribution < -0.4 is 0 Å². The molecule has 0 fully saturated rings. The first-order valence-electron chi connectivity index (χ1n) is 11.1. The van der Waals surface area contributed by atoms with Crippen LogP contribution in [0.3, 0.4) is 0 Å². The van der Waals surface area contributed by atoms with Gasteiger partial charge in [-0.2, -0.15) is 0 Å². The maximum absolute atomic E-state index is 6.21. The van der Waals surface area contributed by atoms with Crippen LogP contribution in [0.15, 0.2) is 49.9 Å². The number of hydrogen-bond donors (Lipinski definition) is 0. The van der Waals surface area contributed by atoms with Gasteiger partial charge in [0.25, 0.3) is 0 Å². The monoisotopic (exact) mass is 464 g/mol. The molecule has 5 aromatic heterocycles. The van der Waals surface area contributed by atoms with E-state index in [2.05, 4.69) is 35.9 Å². The number of rotatable bonds is 8. The molecule has 0 unspecified atom stereocenters. The predicted octanol–water partition coefficient (Wildman–Crippen LogP) is 10.2. The molecule has 5 heterocycles. The number of aryl methyl sites for hydroxylation is 1. The van der Waals surface area contributed by atoms with Gasteiger partial charge >= 0.3 is 0 Å². The lowest BCUT2D eigenvalue weighted by Crippen LogP contribution is -1.83. The van der Waals surface area contributed by atoms with Crippen LogP contribution in [0.25, 0.3) is 52.3 Å². The van der Waals surface area contributed by atoms with Crippen LogP contribution >= 0.6 is 34.0 Å². The first-order chi connectivity index (χ1) is 15.3. The molecule has 0 radical (unpaired) electrons. The van der Waals surface area contributed by atoms with Crippen molar-refractivity contribution in [2.24, 2.45) is 0 Å². The molecule has 158 valence electrons. The minimum atomic E-state index is 0.911. The van der Waals surface area contributed by atoms with Crippen molar-refractivity contribution in [2.75, 3.05) is 0 Å². The van der Waals surface area contributed by atoms with Gasteiger partial charge in [0.1, 0.15) is 22.3 Å². The molecule has 1 aromatic carbocycles. The molecule has 0 N–H and O–H groups in total. The zero-order valence-corrected chi connectivity index (χ0v) is 20.0. The van der Waals surface area contributed by atoms with Crippen molar-refractivity contribution in [3.63, 3.8) is 0 Å². The van der Waals surface area contributed by atoms with Crippen molar-refractivity contribution >= 4 is 76.5 Å². The number of hydrogen-bond acceptors (Lipinski definition) is 5. The van der Waals surface area contributed by atoms with E-state index in [1.807, 2.05) is 34.8 Å². The van der Waals surface area contributed by atoms with E-state index in [9.17, 15) is 0 Å². The summed E-state index contributed by atoms with van der Waals surface area (Å²) in [6, 6.07) is 10.9. The van der Waals surface area contributed by atoms with E-state index < -0.39 is 0 Å². The number of unbranched alkanes of at least 4 members (excludes halogenated alkanes) is 5. The summed E-state index contributed by atoms with van der Waals surface area (Å²) in [6.45, 7) is 2.28. The van der Waals surface area contributed by atoms with Crippen LogP contribution in [-0.4, -0.2) is 0 Å². The maximum Gasteiger partial charge on any atom is 0.146 e. The molecule has 2 nitrogen and oxygen atoms in total. The fourth-order valence-corrected chi connectivity index (χ4v) is 7.38. The normalized spacial score (nSPS) is 12.3. The molecule has 0 atom stereocenters. The molecule has 0 aliphatic rings. The van der Waals surface area contributed by atoms with E-state index in [-0.39, 0.29) is 0 Å². The zero-order chi connectivity index (χ0) is 20.8. The Morgan fingerprint density at radius 1 is 0.710 bits per heavy atom. The van der Waals surface area contributed by atoms with E-state index in [0.29, 0.717) is 0 Å². The SMILES string of the molecule is CCCCCCCCc1csc(-c2cc3oc4cc5oc6ccsc6c5cc4c3s2)c1. The van der Waals surface area contributed by atoms with E-state index in [1.165, 1.54) is 80.4 Å². The molecule has 0 aliphatic carbocycles. The molecular weight excluding hydrogens is 440 g/mol. The standard InChI is InChI=1S/C26H24O2S3/c1-2-3-4-5-6-7-8-16-11-23(30-15-16)24-14-22-26(31-24)18-12-17-20(13-21(18)28-22)27-19-9-10-29-25(17)19/h9-15H,2-8H2,1H3. The summed E-state index contributed by atoms with van der Waals surface area (Å²) in [7, 11) is 0. The van der Waals surface area contributed by atoms with Crippen molar-refractivity contribution in [3.8, 4) is 9.75 Å². The smallest absolute Gasteiger partial charge is 0.146 e. The predicted molar refractivity (Wildman–Crippen MR) is 137 cm³/mol.